The van der Waals surface area contributed by atoms with Gasteiger partial charge in [-0.2, -0.15) is 0 Å². The average molecular weight is 305 g/mol. The highest BCUT2D eigenvalue weighted by molar-refractivity contribution is 7.21. The Morgan fingerprint density at radius 1 is 1.43 bits per heavy atom. The van der Waals surface area contributed by atoms with Gasteiger partial charge in [0.15, 0.2) is 0 Å². The number of carbonyl (C=O) groups excluding carboxylic acids is 1. The number of aryl methyl sites for hydroxylation is 1. The summed E-state index contributed by atoms with van der Waals surface area (Å²) >= 11 is 1.35. The van der Waals surface area contributed by atoms with Crippen LogP contribution in [-0.4, -0.2) is 39.6 Å². The van der Waals surface area contributed by atoms with E-state index in [1.807, 2.05) is 26.0 Å². The predicted octanol–water partition coefficient (Wildman–Crippen LogP) is 2.17. The Morgan fingerprint density at radius 2 is 2.10 bits per heavy atom. The van der Waals surface area contributed by atoms with E-state index in [-0.39, 0.29) is 5.91 Å². The van der Waals surface area contributed by atoms with Gasteiger partial charge in [0, 0.05) is 24.2 Å². The lowest BCUT2D eigenvalue weighted by molar-refractivity contribution is -0.00184. The normalized spacial score (nSPS) is 18.1. The van der Waals surface area contributed by atoms with Crippen molar-refractivity contribution in [3.8, 4) is 0 Å². The molecule has 0 radical (unpaired) electrons. The van der Waals surface area contributed by atoms with Crippen molar-refractivity contribution in [2.24, 2.45) is 0 Å². The van der Waals surface area contributed by atoms with Crippen LogP contribution in [0.4, 0.5) is 5.69 Å². The molecule has 3 rings (SSSR count). The number of nitrogens with two attached hydrogens (primary N) is 1. The molecule has 3 N–H and O–H groups in total. The minimum absolute atomic E-state index is 0.0522. The van der Waals surface area contributed by atoms with Crippen LogP contribution in [0, 0.1) is 6.92 Å². The number of hydrogen-bond donors (Lipinski definition) is 2. The molecule has 5 nitrogen and oxygen atoms in total. The molecular weight excluding hydrogens is 286 g/mol. The standard InChI is InChI=1S/C15H19N3O2S/c1-9-3-4-10-11(16)12(21-13(10)17-9)14(19)18-7-5-15(2,20)6-8-18/h3-4,20H,5-8,16H2,1-2H3. The molecule has 0 saturated carbocycles. The van der Waals surface area contributed by atoms with Crippen LogP contribution in [0.25, 0.3) is 10.2 Å². The zero-order chi connectivity index (χ0) is 15.2. The van der Waals surface area contributed by atoms with E-state index in [9.17, 15) is 9.90 Å². The maximum absolute atomic E-state index is 12.6. The lowest BCUT2D eigenvalue weighted by Crippen LogP contribution is -2.45. The first-order valence-electron chi connectivity index (χ1n) is 7.05. The second-order valence-corrected chi connectivity index (χ2v) is 6.94. The molecule has 2 aromatic heterocycles. The Kier molecular flexibility index (Phi) is 3.37. The summed E-state index contributed by atoms with van der Waals surface area (Å²) in [6.07, 6.45) is 1.20. The van der Waals surface area contributed by atoms with E-state index in [1.54, 1.807) is 4.90 Å². The third-order valence-electron chi connectivity index (χ3n) is 4.06. The molecule has 3 heterocycles. The first-order valence-corrected chi connectivity index (χ1v) is 7.86. The molecular formula is C15H19N3O2S. The first kappa shape index (κ1) is 14.3. The first-order chi connectivity index (χ1) is 9.87. The fraction of sp³-hybridized carbons (Fsp3) is 0.467. The number of aliphatic hydroxyl groups is 1. The zero-order valence-corrected chi connectivity index (χ0v) is 13.0. The van der Waals surface area contributed by atoms with Crippen LogP contribution in [-0.2, 0) is 0 Å². The summed E-state index contributed by atoms with van der Waals surface area (Å²) in [5, 5.41) is 10.8. The number of hydrogen-bond acceptors (Lipinski definition) is 5. The number of likely N-dealkylation sites (tertiary alicyclic amines) is 1. The van der Waals surface area contributed by atoms with Gasteiger partial charge in [-0.3, -0.25) is 4.79 Å². The number of amides is 1. The van der Waals surface area contributed by atoms with E-state index in [1.165, 1.54) is 11.3 Å². The van der Waals surface area contributed by atoms with Crippen LogP contribution in [0.3, 0.4) is 0 Å². The van der Waals surface area contributed by atoms with Gasteiger partial charge < -0.3 is 15.7 Å². The van der Waals surface area contributed by atoms with Crippen molar-refractivity contribution in [3.05, 3.63) is 22.7 Å². The number of nitrogen functional groups attached to an aromatic ring is 1. The largest absolute Gasteiger partial charge is 0.397 e. The fourth-order valence-electron chi connectivity index (χ4n) is 2.58. The van der Waals surface area contributed by atoms with E-state index >= 15 is 0 Å². The molecule has 0 atom stereocenters. The number of nitrogens with zero attached hydrogens (tertiary/aromatic N) is 2. The maximum Gasteiger partial charge on any atom is 0.266 e. The number of piperidine rings is 1. The quantitative estimate of drug-likeness (QED) is 0.846. The molecule has 0 unspecified atom stereocenters. The molecule has 1 amide bonds. The molecule has 21 heavy (non-hydrogen) atoms. The highest BCUT2D eigenvalue weighted by Gasteiger charge is 2.31. The summed E-state index contributed by atoms with van der Waals surface area (Å²) in [6.45, 7) is 4.86. The molecule has 0 aliphatic carbocycles. The lowest BCUT2D eigenvalue weighted by atomic mass is 9.94. The van der Waals surface area contributed by atoms with Gasteiger partial charge in [-0.25, -0.2) is 4.98 Å². The average Bonchev–Trinajstić information content (AvgIpc) is 2.74. The van der Waals surface area contributed by atoms with E-state index in [0.717, 1.165) is 15.9 Å². The van der Waals surface area contributed by atoms with Gasteiger partial charge in [0.2, 0.25) is 0 Å². The molecule has 1 saturated heterocycles. The van der Waals surface area contributed by atoms with Crippen molar-refractivity contribution in [3.63, 3.8) is 0 Å². The van der Waals surface area contributed by atoms with Crippen molar-refractivity contribution >= 4 is 33.1 Å². The number of pyridine rings is 1. The van der Waals surface area contributed by atoms with Gasteiger partial charge in [-0.1, -0.05) is 0 Å². The SMILES string of the molecule is Cc1ccc2c(N)c(C(=O)N3CCC(C)(O)CC3)sc2n1. The monoisotopic (exact) mass is 305 g/mol. The van der Waals surface area contributed by atoms with Crippen molar-refractivity contribution in [2.75, 3.05) is 18.8 Å². The Labute approximate surface area is 127 Å². The molecule has 1 fully saturated rings. The summed E-state index contributed by atoms with van der Waals surface area (Å²) in [5.41, 5.74) is 6.89. The molecule has 0 spiro atoms. The Bertz CT molecular complexity index is 698. The minimum Gasteiger partial charge on any atom is -0.397 e. The summed E-state index contributed by atoms with van der Waals surface area (Å²) in [7, 11) is 0. The van der Waals surface area contributed by atoms with Gasteiger partial charge in [-0.05, 0) is 38.8 Å². The summed E-state index contributed by atoms with van der Waals surface area (Å²) in [4.78, 5) is 20.2. The molecule has 0 aromatic carbocycles. The topological polar surface area (TPSA) is 79.5 Å². The van der Waals surface area contributed by atoms with E-state index in [0.29, 0.717) is 36.5 Å². The van der Waals surface area contributed by atoms with Crippen LogP contribution in [0.5, 0.6) is 0 Å². The molecule has 0 bridgehead atoms. The van der Waals surface area contributed by atoms with Gasteiger partial charge >= 0.3 is 0 Å². The van der Waals surface area contributed by atoms with Crippen molar-refractivity contribution in [1.29, 1.82) is 0 Å². The fourth-order valence-corrected chi connectivity index (χ4v) is 3.69. The van der Waals surface area contributed by atoms with Crippen LogP contribution >= 0.6 is 11.3 Å². The number of thiophene rings is 1. The lowest BCUT2D eigenvalue weighted by Gasteiger charge is -2.35. The second-order valence-electron chi connectivity index (χ2n) is 5.94. The van der Waals surface area contributed by atoms with Crippen molar-refractivity contribution in [2.45, 2.75) is 32.3 Å². The molecule has 112 valence electrons. The van der Waals surface area contributed by atoms with Gasteiger partial charge in [-0.15, -0.1) is 11.3 Å². The Balaban J connectivity index is 1.90. The third-order valence-corrected chi connectivity index (χ3v) is 5.16. The summed E-state index contributed by atoms with van der Waals surface area (Å²) < 4.78 is 0. The van der Waals surface area contributed by atoms with Crippen LogP contribution in [0.15, 0.2) is 12.1 Å². The predicted molar refractivity (Wildman–Crippen MR) is 84.5 cm³/mol. The van der Waals surface area contributed by atoms with Gasteiger partial charge in [0.25, 0.3) is 5.91 Å². The maximum atomic E-state index is 12.6. The van der Waals surface area contributed by atoms with Gasteiger partial charge in [0.1, 0.15) is 9.71 Å². The number of fused-ring (bicyclic) bond motifs is 1. The highest BCUT2D eigenvalue weighted by Crippen LogP contribution is 2.34. The molecule has 6 heteroatoms. The Hall–Kier alpha value is -1.66. The van der Waals surface area contributed by atoms with E-state index in [2.05, 4.69) is 4.98 Å². The van der Waals surface area contributed by atoms with Gasteiger partial charge in [0.05, 0.1) is 11.3 Å². The van der Waals surface area contributed by atoms with Crippen molar-refractivity contribution < 1.29 is 9.90 Å². The second kappa shape index (κ2) is 4.96. The van der Waals surface area contributed by atoms with E-state index in [4.69, 9.17) is 5.73 Å². The van der Waals surface area contributed by atoms with Crippen LogP contribution in [0.1, 0.15) is 35.1 Å². The van der Waals surface area contributed by atoms with Crippen LogP contribution < -0.4 is 5.73 Å². The zero-order valence-electron chi connectivity index (χ0n) is 12.2. The number of aromatic nitrogens is 1. The number of anilines is 1. The summed E-state index contributed by atoms with van der Waals surface area (Å²) in [6, 6.07) is 3.82. The van der Waals surface area contributed by atoms with Crippen LogP contribution in [0.2, 0.25) is 0 Å². The third kappa shape index (κ3) is 2.61. The Morgan fingerprint density at radius 3 is 2.76 bits per heavy atom. The molecule has 2 aromatic rings. The number of rotatable bonds is 1. The smallest absolute Gasteiger partial charge is 0.266 e. The minimum atomic E-state index is -0.666. The van der Waals surface area contributed by atoms with Crippen molar-refractivity contribution in [1.82, 2.24) is 9.88 Å². The highest BCUT2D eigenvalue weighted by atomic mass is 32.1. The summed E-state index contributed by atoms with van der Waals surface area (Å²) in [5.74, 6) is -0.0522. The molecule has 1 aliphatic heterocycles. The van der Waals surface area contributed by atoms with E-state index < -0.39 is 5.60 Å². The molecule has 1 aliphatic rings. The number of carbonyl (C=O) groups is 1.